The number of carbonyl (C=O) groups is 2. The Morgan fingerprint density at radius 3 is 2.60 bits per heavy atom. The molecule has 0 spiro atoms. The number of anilines is 2. The minimum atomic E-state index is -0.686. The number of aromatic nitrogens is 3. The standard InChI is InChI=1S/C32H38ClN9O3/c1-41-14-16-42(17-15-41)13-5-12-35-32-36-20-23-18-24(31(45)39-28(23)40-32)30(44)38-27-19-22(8-9-25(27)33)29(43)37-26(10-11-34)21-6-3-2-4-7-21/h2-4,6-9,18-20,26H,5,10-17,34H2,1H3,(H,37,43)(H,38,44)(H2,35,36,39,40,45). The number of nitrogens with two attached hydrogens (primary N) is 1. The Kier molecular flexibility index (Phi) is 10.7. The number of benzene rings is 2. The number of carbonyl (C=O) groups excluding carboxylic acids is 2. The van der Waals surface area contributed by atoms with Crippen LogP contribution in [0.5, 0.6) is 0 Å². The number of nitrogens with zero attached hydrogens (tertiary/aromatic N) is 4. The zero-order chi connectivity index (χ0) is 31.8. The van der Waals surface area contributed by atoms with Gasteiger partial charge in [0.15, 0.2) is 0 Å². The van der Waals surface area contributed by atoms with Crippen LogP contribution in [0.25, 0.3) is 11.0 Å². The van der Waals surface area contributed by atoms with Gasteiger partial charge in [0.25, 0.3) is 17.4 Å². The van der Waals surface area contributed by atoms with Gasteiger partial charge in [0.2, 0.25) is 5.95 Å². The van der Waals surface area contributed by atoms with Crippen molar-refractivity contribution in [2.45, 2.75) is 18.9 Å². The number of halogens is 1. The summed E-state index contributed by atoms with van der Waals surface area (Å²) in [5.74, 6) is -0.639. The second-order valence-electron chi connectivity index (χ2n) is 11.1. The molecule has 1 unspecified atom stereocenters. The van der Waals surface area contributed by atoms with E-state index >= 15 is 0 Å². The Labute approximate surface area is 266 Å². The molecule has 3 heterocycles. The third kappa shape index (κ3) is 8.43. The smallest absolute Gasteiger partial charge is 0.262 e. The van der Waals surface area contributed by atoms with E-state index in [1.54, 1.807) is 12.3 Å². The third-order valence-corrected chi connectivity index (χ3v) is 8.14. The number of pyridine rings is 1. The number of fused-ring (bicyclic) bond motifs is 1. The van der Waals surface area contributed by atoms with Gasteiger partial charge in [-0.05, 0) is 62.8 Å². The van der Waals surface area contributed by atoms with Crippen molar-refractivity contribution >= 4 is 46.1 Å². The van der Waals surface area contributed by atoms with Gasteiger partial charge in [-0.2, -0.15) is 4.98 Å². The molecule has 0 saturated carbocycles. The Bertz CT molecular complexity index is 1690. The first-order valence-corrected chi connectivity index (χ1v) is 15.4. The lowest BCUT2D eigenvalue weighted by molar-refractivity contribution is 0.0934. The number of likely N-dealkylation sites (N-methyl/N-ethyl adjacent to an activating group) is 1. The van der Waals surface area contributed by atoms with Crippen LogP contribution in [0.15, 0.2) is 65.6 Å². The van der Waals surface area contributed by atoms with Crippen molar-refractivity contribution in [1.29, 1.82) is 0 Å². The molecule has 236 valence electrons. The van der Waals surface area contributed by atoms with Crippen LogP contribution >= 0.6 is 11.6 Å². The van der Waals surface area contributed by atoms with Gasteiger partial charge in [0.1, 0.15) is 11.2 Å². The Hall–Kier alpha value is -4.36. The van der Waals surface area contributed by atoms with Crippen molar-refractivity contribution in [3.05, 3.63) is 92.9 Å². The van der Waals surface area contributed by atoms with Crippen molar-refractivity contribution in [1.82, 2.24) is 30.1 Å². The number of hydrogen-bond donors (Lipinski definition) is 5. The molecule has 0 aliphatic carbocycles. The molecule has 0 radical (unpaired) electrons. The first-order valence-electron chi connectivity index (χ1n) is 15.0. The van der Waals surface area contributed by atoms with Crippen LogP contribution in [0, 0.1) is 0 Å². The van der Waals surface area contributed by atoms with Crippen LogP contribution in [-0.4, -0.2) is 89.4 Å². The van der Waals surface area contributed by atoms with E-state index in [0.717, 1.165) is 44.7 Å². The van der Waals surface area contributed by atoms with Crippen LogP contribution in [0.3, 0.4) is 0 Å². The monoisotopic (exact) mass is 631 g/mol. The predicted molar refractivity (Wildman–Crippen MR) is 177 cm³/mol. The van der Waals surface area contributed by atoms with E-state index in [4.69, 9.17) is 17.3 Å². The van der Waals surface area contributed by atoms with E-state index in [0.29, 0.717) is 36.5 Å². The fourth-order valence-electron chi connectivity index (χ4n) is 5.19. The topological polar surface area (TPSA) is 161 Å². The molecule has 12 nitrogen and oxygen atoms in total. The highest BCUT2D eigenvalue weighted by atomic mass is 35.5. The summed E-state index contributed by atoms with van der Waals surface area (Å²) in [6.07, 6.45) is 3.05. The zero-order valence-electron chi connectivity index (χ0n) is 25.2. The van der Waals surface area contributed by atoms with E-state index in [-0.39, 0.29) is 33.8 Å². The van der Waals surface area contributed by atoms with Crippen molar-refractivity contribution in [2.75, 3.05) is 63.5 Å². The molecular formula is C32H38ClN9O3. The van der Waals surface area contributed by atoms with Crippen molar-refractivity contribution < 1.29 is 9.59 Å². The van der Waals surface area contributed by atoms with Crippen LogP contribution in [0.1, 0.15) is 45.2 Å². The van der Waals surface area contributed by atoms with Gasteiger partial charge in [-0.25, -0.2) is 4.98 Å². The summed E-state index contributed by atoms with van der Waals surface area (Å²) in [6.45, 7) is 6.37. The average molecular weight is 632 g/mol. The van der Waals surface area contributed by atoms with Crippen molar-refractivity contribution in [2.24, 2.45) is 5.73 Å². The van der Waals surface area contributed by atoms with Gasteiger partial charge in [-0.15, -0.1) is 0 Å². The Balaban J connectivity index is 1.22. The molecule has 5 rings (SSSR count). The maximum absolute atomic E-state index is 13.2. The predicted octanol–water partition coefficient (Wildman–Crippen LogP) is 3.09. The lowest BCUT2D eigenvalue weighted by Crippen LogP contribution is -2.44. The summed E-state index contributed by atoms with van der Waals surface area (Å²) in [5, 5.41) is 9.57. The number of H-pyrrole nitrogens is 1. The van der Waals surface area contributed by atoms with E-state index in [2.05, 4.69) is 47.7 Å². The highest BCUT2D eigenvalue weighted by Gasteiger charge is 2.19. The molecule has 1 saturated heterocycles. The van der Waals surface area contributed by atoms with E-state index in [1.165, 1.54) is 18.2 Å². The number of rotatable bonds is 12. The first kappa shape index (κ1) is 32.0. The van der Waals surface area contributed by atoms with Crippen LogP contribution in [-0.2, 0) is 0 Å². The number of piperazine rings is 1. The number of amides is 2. The summed E-state index contributed by atoms with van der Waals surface area (Å²) in [4.78, 5) is 55.4. The van der Waals surface area contributed by atoms with Crippen LogP contribution < -0.4 is 27.2 Å². The minimum absolute atomic E-state index is 0.142. The van der Waals surface area contributed by atoms with Gasteiger partial charge in [-0.1, -0.05) is 41.9 Å². The molecule has 2 aromatic heterocycles. The molecule has 2 amide bonds. The van der Waals surface area contributed by atoms with Gasteiger partial charge in [0.05, 0.1) is 16.8 Å². The van der Waals surface area contributed by atoms with E-state index in [1.807, 2.05) is 30.3 Å². The fourth-order valence-corrected chi connectivity index (χ4v) is 5.35. The van der Waals surface area contributed by atoms with E-state index < -0.39 is 11.5 Å². The molecule has 1 aliphatic rings. The molecular weight excluding hydrogens is 594 g/mol. The normalized spacial score (nSPS) is 14.6. The zero-order valence-corrected chi connectivity index (χ0v) is 25.9. The second kappa shape index (κ2) is 15.1. The maximum atomic E-state index is 13.2. The molecule has 6 N–H and O–H groups in total. The van der Waals surface area contributed by atoms with E-state index in [9.17, 15) is 14.4 Å². The molecule has 13 heteroatoms. The molecule has 1 atom stereocenters. The summed E-state index contributed by atoms with van der Waals surface area (Å²) in [6, 6.07) is 15.3. The average Bonchev–Trinajstić information content (AvgIpc) is 3.04. The highest BCUT2D eigenvalue weighted by molar-refractivity contribution is 6.34. The molecule has 45 heavy (non-hydrogen) atoms. The summed E-state index contributed by atoms with van der Waals surface area (Å²) in [7, 11) is 2.14. The Morgan fingerprint density at radius 2 is 1.84 bits per heavy atom. The second-order valence-corrected chi connectivity index (χ2v) is 11.5. The third-order valence-electron chi connectivity index (χ3n) is 7.81. The minimum Gasteiger partial charge on any atom is -0.354 e. The van der Waals surface area contributed by atoms with Gasteiger partial charge in [-0.3, -0.25) is 14.4 Å². The SMILES string of the molecule is CN1CCN(CCCNc2ncc3cc(C(=O)Nc4cc(C(=O)NC(CCN)c5ccccc5)ccc4Cl)c(=O)[nH]c3n2)CC1. The number of hydrogen-bond acceptors (Lipinski definition) is 9. The first-order chi connectivity index (χ1) is 21.8. The highest BCUT2D eigenvalue weighted by Crippen LogP contribution is 2.25. The summed E-state index contributed by atoms with van der Waals surface area (Å²) >= 11 is 6.36. The molecule has 4 aromatic rings. The van der Waals surface area contributed by atoms with Crippen molar-refractivity contribution in [3.63, 3.8) is 0 Å². The maximum Gasteiger partial charge on any atom is 0.262 e. The molecule has 0 bridgehead atoms. The summed E-state index contributed by atoms with van der Waals surface area (Å²) in [5.41, 5.74) is 6.76. The van der Waals surface area contributed by atoms with Crippen LogP contribution in [0.2, 0.25) is 5.02 Å². The van der Waals surface area contributed by atoms with Crippen molar-refractivity contribution in [3.8, 4) is 0 Å². The quantitative estimate of drug-likeness (QED) is 0.148. The lowest BCUT2D eigenvalue weighted by atomic mass is 10.0. The largest absolute Gasteiger partial charge is 0.354 e. The van der Waals surface area contributed by atoms with Crippen LogP contribution in [0.4, 0.5) is 11.6 Å². The van der Waals surface area contributed by atoms with Gasteiger partial charge >= 0.3 is 0 Å². The van der Waals surface area contributed by atoms with Gasteiger partial charge < -0.3 is 36.5 Å². The van der Waals surface area contributed by atoms with Gasteiger partial charge in [0, 0.05) is 49.9 Å². The Morgan fingerprint density at radius 1 is 1.07 bits per heavy atom. The number of nitrogens with one attached hydrogen (secondary N) is 4. The molecule has 1 fully saturated rings. The molecule has 2 aromatic carbocycles. The molecule has 1 aliphatic heterocycles. The lowest BCUT2D eigenvalue weighted by Gasteiger charge is -2.32. The fraction of sp³-hybridized carbons (Fsp3) is 0.344. The number of aromatic amines is 1. The summed E-state index contributed by atoms with van der Waals surface area (Å²) < 4.78 is 0.